The van der Waals surface area contributed by atoms with Gasteiger partial charge in [0.25, 0.3) is 0 Å². The summed E-state index contributed by atoms with van der Waals surface area (Å²) in [4.78, 5) is 37.9. The van der Waals surface area contributed by atoms with Crippen LogP contribution >= 0.6 is 0 Å². The van der Waals surface area contributed by atoms with Gasteiger partial charge in [-0.05, 0) is 51.8 Å². The first-order valence-corrected chi connectivity index (χ1v) is 11.5. The van der Waals surface area contributed by atoms with Gasteiger partial charge in [-0.2, -0.15) is 0 Å². The summed E-state index contributed by atoms with van der Waals surface area (Å²) in [6, 6.07) is 11.6. The SMILES string of the molecule is Cn1ccc2cc(C(NC(=O)[C@H]3CNC(=O)C3)C(=O)Cc3ccc(C(C)(C)C)c(F)c3)ccc21. The van der Waals surface area contributed by atoms with Crippen LogP contribution in [0.5, 0.6) is 0 Å². The summed E-state index contributed by atoms with van der Waals surface area (Å²) in [5.74, 6) is -1.64. The van der Waals surface area contributed by atoms with E-state index in [1.54, 1.807) is 12.1 Å². The summed E-state index contributed by atoms with van der Waals surface area (Å²) in [5.41, 5.74) is 2.45. The third-order valence-corrected chi connectivity index (χ3v) is 6.42. The lowest BCUT2D eigenvalue weighted by Gasteiger charge is -2.22. The minimum atomic E-state index is -0.904. The van der Waals surface area contributed by atoms with E-state index in [-0.39, 0.29) is 48.2 Å². The van der Waals surface area contributed by atoms with E-state index in [0.717, 1.165) is 10.9 Å². The number of nitrogens with zero attached hydrogens (tertiary/aromatic N) is 1. The lowest BCUT2D eigenvalue weighted by Crippen LogP contribution is -2.39. The van der Waals surface area contributed by atoms with Gasteiger partial charge in [-0.3, -0.25) is 14.4 Å². The van der Waals surface area contributed by atoms with Gasteiger partial charge in [-0.15, -0.1) is 0 Å². The zero-order valence-corrected chi connectivity index (χ0v) is 19.9. The smallest absolute Gasteiger partial charge is 0.226 e. The number of fused-ring (bicyclic) bond motifs is 1. The van der Waals surface area contributed by atoms with Gasteiger partial charge >= 0.3 is 0 Å². The Morgan fingerprint density at radius 2 is 1.94 bits per heavy atom. The van der Waals surface area contributed by atoms with Crippen LogP contribution in [0.4, 0.5) is 4.39 Å². The Kier molecular flexibility index (Phi) is 6.30. The Balaban J connectivity index is 1.62. The van der Waals surface area contributed by atoms with Crippen molar-refractivity contribution >= 4 is 28.5 Å². The molecule has 2 amide bonds. The van der Waals surface area contributed by atoms with Crippen molar-refractivity contribution in [2.45, 2.75) is 45.1 Å². The molecule has 0 bridgehead atoms. The maximum atomic E-state index is 14.7. The number of ketones is 1. The number of benzene rings is 2. The average molecular weight is 464 g/mol. The zero-order valence-electron chi connectivity index (χ0n) is 19.9. The van der Waals surface area contributed by atoms with E-state index >= 15 is 0 Å². The van der Waals surface area contributed by atoms with Crippen LogP contribution in [0.25, 0.3) is 10.9 Å². The van der Waals surface area contributed by atoms with Crippen molar-refractivity contribution in [3.05, 3.63) is 71.2 Å². The van der Waals surface area contributed by atoms with E-state index in [2.05, 4.69) is 10.6 Å². The molecule has 0 spiro atoms. The lowest BCUT2D eigenvalue weighted by atomic mass is 9.85. The highest BCUT2D eigenvalue weighted by atomic mass is 19.1. The van der Waals surface area contributed by atoms with Crippen LogP contribution in [0.2, 0.25) is 0 Å². The second-order valence-electron chi connectivity index (χ2n) is 10.1. The molecule has 6 nitrogen and oxygen atoms in total. The number of carbonyl (C=O) groups excluding carboxylic acids is 3. The predicted octanol–water partition coefficient (Wildman–Crippen LogP) is 3.72. The van der Waals surface area contributed by atoms with E-state index in [1.807, 2.05) is 62.8 Å². The molecule has 0 aliphatic carbocycles. The van der Waals surface area contributed by atoms with Gasteiger partial charge in [0.1, 0.15) is 11.9 Å². The Hall–Kier alpha value is -3.48. The molecule has 1 aliphatic heterocycles. The molecule has 1 saturated heterocycles. The largest absolute Gasteiger partial charge is 0.355 e. The number of aryl methyl sites for hydroxylation is 1. The molecule has 2 heterocycles. The van der Waals surface area contributed by atoms with Crippen molar-refractivity contribution in [3.8, 4) is 0 Å². The molecule has 2 aromatic carbocycles. The Bertz CT molecular complexity index is 1270. The Morgan fingerprint density at radius 3 is 2.59 bits per heavy atom. The molecule has 2 N–H and O–H groups in total. The molecule has 0 radical (unpaired) electrons. The van der Waals surface area contributed by atoms with Crippen molar-refractivity contribution in [3.63, 3.8) is 0 Å². The third kappa shape index (κ3) is 4.88. The van der Waals surface area contributed by atoms with Crippen LogP contribution < -0.4 is 10.6 Å². The van der Waals surface area contributed by atoms with Crippen LogP contribution in [0.1, 0.15) is 49.9 Å². The van der Waals surface area contributed by atoms with Gasteiger partial charge in [0.05, 0.1) is 5.92 Å². The molecule has 1 aliphatic rings. The fourth-order valence-corrected chi connectivity index (χ4v) is 4.46. The van der Waals surface area contributed by atoms with Gasteiger partial charge in [0.2, 0.25) is 11.8 Å². The van der Waals surface area contributed by atoms with Crippen LogP contribution in [-0.2, 0) is 33.3 Å². The van der Waals surface area contributed by atoms with E-state index in [4.69, 9.17) is 0 Å². The first kappa shape index (κ1) is 23.7. The highest BCUT2D eigenvalue weighted by Crippen LogP contribution is 2.27. The molecule has 3 aromatic rings. The highest BCUT2D eigenvalue weighted by Gasteiger charge is 2.32. The molecular weight excluding hydrogens is 433 g/mol. The molecule has 1 aromatic heterocycles. The van der Waals surface area contributed by atoms with Crippen molar-refractivity contribution in [1.82, 2.24) is 15.2 Å². The number of rotatable bonds is 6. The summed E-state index contributed by atoms with van der Waals surface area (Å²) in [6.07, 6.45) is 2.00. The number of amides is 2. The molecule has 0 saturated carbocycles. The van der Waals surface area contributed by atoms with Crippen molar-refractivity contribution in [2.24, 2.45) is 13.0 Å². The number of nitrogens with one attached hydrogen (secondary N) is 2. The van der Waals surface area contributed by atoms with Crippen molar-refractivity contribution in [1.29, 1.82) is 0 Å². The Morgan fingerprint density at radius 1 is 1.18 bits per heavy atom. The first-order chi connectivity index (χ1) is 16.0. The molecular formula is C27H30FN3O3. The molecule has 1 fully saturated rings. The van der Waals surface area contributed by atoms with Crippen LogP contribution in [0.3, 0.4) is 0 Å². The number of carbonyl (C=O) groups is 3. The van der Waals surface area contributed by atoms with Gasteiger partial charge in [-0.25, -0.2) is 4.39 Å². The maximum Gasteiger partial charge on any atom is 0.226 e. The number of halogens is 1. The monoisotopic (exact) mass is 463 g/mol. The topological polar surface area (TPSA) is 80.2 Å². The van der Waals surface area contributed by atoms with E-state index in [9.17, 15) is 18.8 Å². The molecule has 1 unspecified atom stereocenters. The summed E-state index contributed by atoms with van der Waals surface area (Å²) in [5, 5.41) is 6.46. The summed E-state index contributed by atoms with van der Waals surface area (Å²) in [6.45, 7) is 6.06. The van der Waals surface area contributed by atoms with Gasteiger partial charge in [0, 0.05) is 38.1 Å². The van der Waals surface area contributed by atoms with Crippen molar-refractivity contribution in [2.75, 3.05) is 6.54 Å². The summed E-state index contributed by atoms with van der Waals surface area (Å²) >= 11 is 0. The van der Waals surface area contributed by atoms with Gasteiger partial charge in [-0.1, -0.05) is 39.0 Å². The number of aromatic nitrogens is 1. The predicted molar refractivity (Wildman–Crippen MR) is 129 cm³/mol. The third-order valence-electron chi connectivity index (χ3n) is 6.42. The number of hydrogen-bond donors (Lipinski definition) is 2. The standard InChI is InChI=1S/C27H30FN3O3/c1-27(2,3)20-7-5-16(11-21(20)28)12-23(32)25(30-26(34)19-14-24(33)29-15-19)18-6-8-22-17(13-18)9-10-31(22)4/h5-11,13,19,25H,12,14-15H2,1-4H3,(H,29,33)(H,30,34)/t19-,25?/m1/s1. The van der Waals surface area contributed by atoms with E-state index in [1.165, 1.54) is 6.07 Å². The van der Waals surface area contributed by atoms with E-state index < -0.39 is 12.0 Å². The second kappa shape index (κ2) is 9.05. The second-order valence-corrected chi connectivity index (χ2v) is 10.1. The average Bonchev–Trinajstić information content (AvgIpc) is 3.36. The summed E-state index contributed by atoms with van der Waals surface area (Å²) in [7, 11) is 1.94. The highest BCUT2D eigenvalue weighted by molar-refractivity contribution is 5.95. The normalized spacial score (nSPS) is 17.0. The summed E-state index contributed by atoms with van der Waals surface area (Å²) < 4.78 is 16.7. The van der Waals surface area contributed by atoms with Crippen LogP contribution in [-0.4, -0.2) is 28.7 Å². The van der Waals surface area contributed by atoms with Crippen LogP contribution in [0.15, 0.2) is 48.7 Å². The number of hydrogen-bond acceptors (Lipinski definition) is 3. The lowest BCUT2D eigenvalue weighted by molar-refractivity contribution is -0.130. The molecule has 34 heavy (non-hydrogen) atoms. The van der Waals surface area contributed by atoms with Crippen LogP contribution in [0, 0.1) is 11.7 Å². The molecule has 4 rings (SSSR count). The van der Waals surface area contributed by atoms with Gasteiger partial charge in [0.15, 0.2) is 5.78 Å². The van der Waals surface area contributed by atoms with Gasteiger partial charge < -0.3 is 15.2 Å². The first-order valence-electron chi connectivity index (χ1n) is 11.5. The minimum absolute atomic E-state index is 0.0268. The number of Topliss-reactive ketones (excluding diaryl/α,β-unsaturated/α-hetero) is 1. The molecule has 7 heteroatoms. The molecule has 178 valence electrons. The Labute approximate surface area is 198 Å². The zero-order chi connectivity index (χ0) is 24.6. The quantitative estimate of drug-likeness (QED) is 0.585. The van der Waals surface area contributed by atoms with Crippen molar-refractivity contribution < 1.29 is 18.8 Å². The molecule has 2 atom stereocenters. The fourth-order valence-electron chi connectivity index (χ4n) is 4.46. The maximum absolute atomic E-state index is 14.7. The fraction of sp³-hybridized carbons (Fsp3) is 0.370. The van der Waals surface area contributed by atoms with E-state index in [0.29, 0.717) is 16.7 Å². The minimum Gasteiger partial charge on any atom is -0.355 e.